The van der Waals surface area contributed by atoms with Crippen molar-refractivity contribution in [2.24, 2.45) is 0 Å². The fourth-order valence-corrected chi connectivity index (χ4v) is 3.66. The van der Waals surface area contributed by atoms with E-state index in [0.717, 1.165) is 16.7 Å². The monoisotopic (exact) mass is 591 g/mol. The van der Waals surface area contributed by atoms with Gasteiger partial charge in [0.15, 0.2) is 6.29 Å². The number of aliphatic hydroxyl groups is 2. The molecule has 0 saturated carbocycles. The molecule has 2 aromatic carbocycles. The Balaban J connectivity index is -0.000000295. The topological polar surface area (TPSA) is 181 Å². The first-order chi connectivity index (χ1) is 15.9. The van der Waals surface area contributed by atoms with Crippen molar-refractivity contribution in [2.75, 3.05) is 0 Å². The number of rotatable bonds is 2. The molecule has 0 unspecified atom stereocenters. The van der Waals surface area contributed by atoms with Gasteiger partial charge in [-0.25, -0.2) is 4.79 Å². The van der Waals surface area contributed by atoms with Crippen molar-refractivity contribution in [3.8, 4) is 11.5 Å². The molecule has 0 fully saturated rings. The van der Waals surface area contributed by atoms with Crippen molar-refractivity contribution >= 4 is 5.97 Å². The van der Waals surface area contributed by atoms with Crippen molar-refractivity contribution in [3.05, 3.63) is 57.6 Å². The second kappa shape index (κ2) is 14.0. The Kier molecular flexibility index (Phi) is 14.8. The van der Waals surface area contributed by atoms with Gasteiger partial charge in [-0.15, -0.1) is 0 Å². The zero-order chi connectivity index (χ0) is 28.6. The normalized spacial score (nSPS) is 11.9. The van der Waals surface area contributed by atoms with Crippen LogP contribution in [-0.2, 0) is 39.0 Å². The molecule has 0 saturated heterocycles. The number of carboxylic acid groups (broad SMARTS) is 1. The van der Waals surface area contributed by atoms with E-state index in [0.29, 0.717) is 5.56 Å². The summed E-state index contributed by atoms with van der Waals surface area (Å²) in [5.41, 5.74) is 2.64. The summed E-state index contributed by atoms with van der Waals surface area (Å²) in [5.74, 6) is -1.24. The second-order valence-electron chi connectivity index (χ2n) is 13.6. The van der Waals surface area contributed by atoms with Crippen LogP contribution in [-0.4, -0.2) is 42.5 Å². The SMILES string of the molecule is CC(C)(C)c1cc(C(=O)O)c(O)c(C(C)(C)C)c1.CC(C)(C)c1cc(C(O)O)c(O)c(C(C)(C)C)c1.O.O.[Cr].[H+]. The maximum Gasteiger partial charge on any atom is 1.00 e. The smallest absolute Gasteiger partial charge is 0.507 e. The van der Waals surface area contributed by atoms with Gasteiger partial charge in [-0.05, 0) is 50.5 Å². The molecule has 0 heterocycles. The zero-order valence-electron chi connectivity index (χ0n) is 26.4. The summed E-state index contributed by atoms with van der Waals surface area (Å²) in [6.45, 7) is 24.1. The van der Waals surface area contributed by atoms with Crippen LogP contribution < -0.4 is 0 Å². The van der Waals surface area contributed by atoms with E-state index >= 15 is 0 Å². The van der Waals surface area contributed by atoms with Crippen LogP contribution in [0.2, 0.25) is 0 Å². The minimum Gasteiger partial charge on any atom is -0.507 e. The summed E-state index contributed by atoms with van der Waals surface area (Å²) in [4.78, 5) is 11.2. The van der Waals surface area contributed by atoms with Crippen LogP contribution in [0.5, 0.6) is 11.5 Å². The average Bonchev–Trinajstić information content (AvgIpc) is 2.64. The van der Waals surface area contributed by atoms with Gasteiger partial charge < -0.3 is 36.5 Å². The molecule has 0 aliphatic rings. The van der Waals surface area contributed by atoms with E-state index in [4.69, 9.17) is 0 Å². The van der Waals surface area contributed by atoms with Crippen molar-refractivity contribution in [1.29, 1.82) is 0 Å². The maximum atomic E-state index is 11.2. The van der Waals surface area contributed by atoms with E-state index in [-0.39, 0.29) is 74.0 Å². The van der Waals surface area contributed by atoms with Crippen LogP contribution in [0.25, 0.3) is 0 Å². The largest absolute Gasteiger partial charge is 1.00 e. The van der Waals surface area contributed by atoms with Gasteiger partial charge in [0.1, 0.15) is 17.1 Å². The quantitative estimate of drug-likeness (QED) is 0.302. The van der Waals surface area contributed by atoms with Crippen molar-refractivity contribution in [3.63, 3.8) is 0 Å². The molecule has 9 N–H and O–H groups in total. The van der Waals surface area contributed by atoms with Gasteiger partial charge in [-0.2, -0.15) is 0 Å². The molecule has 2 aromatic rings. The van der Waals surface area contributed by atoms with Crippen LogP contribution >= 0.6 is 0 Å². The Labute approximate surface area is 246 Å². The Bertz CT molecular complexity index is 1100. The number of benzene rings is 2. The van der Waals surface area contributed by atoms with Crippen LogP contribution in [0, 0.1) is 0 Å². The molecule has 0 aromatic heterocycles. The average molecular weight is 592 g/mol. The van der Waals surface area contributed by atoms with E-state index < -0.39 is 12.3 Å². The number of aromatic carboxylic acids is 1. The molecule has 8 nitrogen and oxygen atoms in total. The van der Waals surface area contributed by atoms with Crippen molar-refractivity contribution < 1.29 is 60.1 Å². The molecule has 0 spiro atoms. The molecule has 39 heavy (non-hydrogen) atoms. The number of hydrogen-bond acceptors (Lipinski definition) is 5. The van der Waals surface area contributed by atoms with E-state index in [1.807, 2.05) is 74.4 Å². The van der Waals surface area contributed by atoms with E-state index in [9.17, 15) is 30.3 Å². The molecule has 2 rings (SSSR count). The number of phenolic OH excluding ortho intramolecular Hbond substituents is 1. The Morgan fingerprint density at radius 3 is 1.26 bits per heavy atom. The zero-order valence-corrected chi connectivity index (χ0v) is 26.7. The van der Waals surface area contributed by atoms with Gasteiger partial charge in [0.2, 0.25) is 0 Å². The number of carbonyl (C=O) groups is 1. The summed E-state index contributed by atoms with van der Waals surface area (Å²) >= 11 is 0. The van der Waals surface area contributed by atoms with E-state index in [1.54, 1.807) is 12.1 Å². The molecule has 224 valence electrons. The molecule has 0 aliphatic carbocycles. The number of phenols is 2. The summed E-state index contributed by atoms with van der Waals surface area (Å²) in [6.07, 6.45) is -1.66. The first-order valence-corrected chi connectivity index (χ1v) is 12.2. The van der Waals surface area contributed by atoms with Gasteiger partial charge in [-0.1, -0.05) is 95.2 Å². The Morgan fingerprint density at radius 1 is 0.641 bits per heavy atom. The Hall–Kier alpha value is -2.12. The Morgan fingerprint density at radius 2 is 0.974 bits per heavy atom. The molecule has 9 heteroatoms. The summed E-state index contributed by atoms with van der Waals surface area (Å²) in [7, 11) is 0. The molecule has 0 aliphatic heterocycles. The number of hydrogen-bond donors (Lipinski definition) is 5. The third-order valence-corrected chi connectivity index (χ3v) is 6.11. The van der Waals surface area contributed by atoms with Crippen molar-refractivity contribution in [1.82, 2.24) is 0 Å². The summed E-state index contributed by atoms with van der Waals surface area (Å²) in [6, 6.07) is 7.07. The molecular formula is C30H51CrO8+. The molecular weight excluding hydrogens is 540 g/mol. The van der Waals surface area contributed by atoms with Crippen LogP contribution in [0.3, 0.4) is 0 Å². The molecule has 0 bridgehead atoms. The first-order valence-electron chi connectivity index (χ1n) is 12.2. The third kappa shape index (κ3) is 10.8. The van der Waals surface area contributed by atoms with Gasteiger partial charge >= 0.3 is 7.40 Å². The van der Waals surface area contributed by atoms with Crippen molar-refractivity contribution in [2.45, 2.75) is 111 Å². The first kappa shape index (κ1) is 41.4. The second-order valence-corrected chi connectivity index (χ2v) is 13.6. The van der Waals surface area contributed by atoms with Gasteiger partial charge in [0, 0.05) is 28.5 Å². The molecule has 0 radical (unpaired) electrons. The number of aliphatic hydroxyl groups excluding tert-OH is 1. The number of carboxylic acids is 1. The molecule has 0 amide bonds. The minimum atomic E-state index is -1.66. The van der Waals surface area contributed by atoms with Crippen LogP contribution in [0.4, 0.5) is 0 Å². The fraction of sp³-hybridized carbons (Fsp3) is 0.567. The fourth-order valence-electron chi connectivity index (χ4n) is 3.66. The summed E-state index contributed by atoms with van der Waals surface area (Å²) in [5, 5.41) is 48.2. The maximum absolute atomic E-state index is 11.2. The van der Waals surface area contributed by atoms with Gasteiger partial charge in [-0.3, -0.25) is 0 Å². The summed E-state index contributed by atoms with van der Waals surface area (Å²) < 4.78 is 0. The molecule has 0 atom stereocenters. The minimum absolute atomic E-state index is 0. The van der Waals surface area contributed by atoms with Gasteiger partial charge in [0.25, 0.3) is 0 Å². The standard InChI is InChI=1S/C15H24O3.C15H22O3.Cr.2H2O/c2*1-14(2,3)9-7-10(13(17)18)12(16)11(8-9)15(4,5)6;;;/h7-8,13,16-18H,1-6H3;7-8,16H,1-6H3,(H,17,18);;2*1H2/p+1. The van der Waals surface area contributed by atoms with E-state index in [2.05, 4.69) is 20.8 Å². The predicted octanol–water partition coefficient (Wildman–Crippen LogP) is 5.12. The van der Waals surface area contributed by atoms with Crippen LogP contribution in [0.15, 0.2) is 24.3 Å². The van der Waals surface area contributed by atoms with E-state index in [1.165, 1.54) is 0 Å². The number of aromatic hydroxyl groups is 2. The predicted molar refractivity (Wildman–Crippen MR) is 153 cm³/mol. The van der Waals surface area contributed by atoms with Gasteiger partial charge in [0.05, 0.1) is 0 Å². The third-order valence-electron chi connectivity index (χ3n) is 6.11. The van der Waals surface area contributed by atoms with Crippen LogP contribution in [0.1, 0.15) is 129 Å².